The Morgan fingerprint density at radius 2 is 2.04 bits per heavy atom. The highest BCUT2D eigenvalue weighted by atomic mass is 16.5. The molecule has 7 nitrogen and oxygen atoms in total. The number of rotatable bonds is 6. The number of aryl methyl sites for hydroxylation is 1. The third-order valence-electron chi connectivity index (χ3n) is 5.59. The highest BCUT2D eigenvalue weighted by Gasteiger charge is 2.37. The Hall–Kier alpha value is -1.89. The van der Waals surface area contributed by atoms with E-state index in [9.17, 15) is 9.59 Å². The number of hydrogen-bond acceptors (Lipinski definition) is 4. The molecule has 2 fully saturated rings. The Labute approximate surface area is 161 Å². The number of likely N-dealkylation sites (tertiary alicyclic amines) is 1. The van der Waals surface area contributed by atoms with E-state index in [2.05, 4.69) is 17.2 Å². The summed E-state index contributed by atoms with van der Waals surface area (Å²) in [6.45, 7) is 4.49. The number of ether oxygens (including phenoxy) is 1. The van der Waals surface area contributed by atoms with Gasteiger partial charge in [-0.15, -0.1) is 0 Å². The van der Waals surface area contributed by atoms with E-state index in [1.807, 2.05) is 11.9 Å². The van der Waals surface area contributed by atoms with Gasteiger partial charge in [-0.25, -0.2) is 4.98 Å². The summed E-state index contributed by atoms with van der Waals surface area (Å²) in [6, 6.07) is -0.154. The molecule has 1 aliphatic carbocycles. The van der Waals surface area contributed by atoms with E-state index in [0.29, 0.717) is 18.7 Å². The molecule has 0 unspecified atom stereocenters. The molecule has 1 saturated heterocycles. The highest BCUT2D eigenvalue weighted by Crippen LogP contribution is 2.29. The largest absolute Gasteiger partial charge is 0.376 e. The number of carbonyl (C=O) groups is 2. The van der Waals surface area contributed by atoms with Crippen LogP contribution < -0.4 is 5.32 Å². The van der Waals surface area contributed by atoms with Crippen LogP contribution in [0.4, 0.5) is 0 Å². The first-order valence-electron chi connectivity index (χ1n) is 10.3. The molecule has 2 amide bonds. The third kappa shape index (κ3) is 5.09. The van der Waals surface area contributed by atoms with Gasteiger partial charge in [-0.1, -0.05) is 6.92 Å². The Morgan fingerprint density at radius 3 is 2.70 bits per heavy atom. The van der Waals surface area contributed by atoms with Gasteiger partial charge >= 0.3 is 0 Å². The molecule has 3 atom stereocenters. The molecule has 7 heteroatoms. The van der Waals surface area contributed by atoms with Gasteiger partial charge in [0.2, 0.25) is 5.91 Å². The number of nitrogens with zero attached hydrogens (tertiary/aromatic N) is 3. The molecule has 0 radical (unpaired) electrons. The molecule has 2 heterocycles. The second kappa shape index (κ2) is 9.35. The zero-order valence-electron chi connectivity index (χ0n) is 16.5. The van der Waals surface area contributed by atoms with Crippen LogP contribution in [0.25, 0.3) is 0 Å². The molecule has 27 heavy (non-hydrogen) atoms. The molecule has 1 saturated carbocycles. The van der Waals surface area contributed by atoms with E-state index in [1.54, 1.807) is 17.1 Å². The summed E-state index contributed by atoms with van der Waals surface area (Å²) < 4.78 is 7.75. The van der Waals surface area contributed by atoms with E-state index < -0.39 is 0 Å². The molecular weight excluding hydrogens is 344 g/mol. The summed E-state index contributed by atoms with van der Waals surface area (Å²) in [5, 5.41) is 3.08. The van der Waals surface area contributed by atoms with E-state index in [4.69, 9.17) is 4.74 Å². The molecule has 1 N–H and O–H groups in total. The zero-order valence-corrected chi connectivity index (χ0v) is 16.5. The van der Waals surface area contributed by atoms with Gasteiger partial charge in [-0.3, -0.25) is 9.59 Å². The Bertz CT molecular complexity index is 639. The summed E-state index contributed by atoms with van der Waals surface area (Å²) in [6.07, 6.45) is 9.90. The van der Waals surface area contributed by atoms with Gasteiger partial charge in [0, 0.05) is 38.9 Å². The monoisotopic (exact) mass is 376 g/mol. The molecule has 0 aromatic carbocycles. The fraction of sp³-hybridized carbons (Fsp3) is 0.750. The lowest BCUT2D eigenvalue weighted by Gasteiger charge is -2.38. The van der Waals surface area contributed by atoms with Gasteiger partial charge in [0.05, 0.1) is 18.5 Å². The molecule has 2 aliphatic rings. The van der Waals surface area contributed by atoms with Gasteiger partial charge in [0.15, 0.2) is 0 Å². The Balaban J connectivity index is 1.65. The van der Waals surface area contributed by atoms with E-state index in [1.165, 1.54) is 6.42 Å². The van der Waals surface area contributed by atoms with Crippen molar-refractivity contribution in [3.63, 3.8) is 0 Å². The van der Waals surface area contributed by atoms with Gasteiger partial charge in [0.1, 0.15) is 5.69 Å². The van der Waals surface area contributed by atoms with Crippen LogP contribution in [0.5, 0.6) is 0 Å². The number of imidazole rings is 1. The van der Waals surface area contributed by atoms with Crippen LogP contribution in [0.15, 0.2) is 12.5 Å². The highest BCUT2D eigenvalue weighted by molar-refractivity contribution is 5.92. The lowest BCUT2D eigenvalue weighted by molar-refractivity contribution is -0.139. The summed E-state index contributed by atoms with van der Waals surface area (Å²) in [4.78, 5) is 31.7. The van der Waals surface area contributed by atoms with Crippen LogP contribution in [-0.4, -0.2) is 58.1 Å². The van der Waals surface area contributed by atoms with Crippen molar-refractivity contribution in [1.29, 1.82) is 0 Å². The smallest absolute Gasteiger partial charge is 0.271 e. The standard InChI is InChI=1S/C20H32N4O3/c1-3-11-27-18-8-7-15(20(26)24-9-5-4-6-10-24)12-16(18)22-19(25)17-13-23(2)14-21-17/h13-16,18H,3-12H2,1-2H3,(H,22,25)/t15-,16+,18+/m0/s1. The van der Waals surface area contributed by atoms with E-state index >= 15 is 0 Å². The first-order valence-corrected chi connectivity index (χ1v) is 10.3. The summed E-state index contributed by atoms with van der Waals surface area (Å²) in [7, 11) is 1.84. The number of amides is 2. The summed E-state index contributed by atoms with van der Waals surface area (Å²) >= 11 is 0. The van der Waals surface area contributed by atoms with Crippen molar-refractivity contribution in [2.45, 2.75) is 64.0 Å². The molecule has 3 rings (SSSR count). The second-order valence-corrected chi connectivity index (χ2v) is 7.81. The third-order valence-corrected chi connectivity index (χ3v) is 5.59. The first-order chi connectivity index (χ1) is 13.1. The van der Waals surface area contributed by atoms with Crippen molar-refractivity contribution in [2.75, 3.05) is 19.7 Å². The van der Waals surface area contributed by atoms with Crippen molar-refractivity contribution >= 4 is 11.8 Å². The number of nitrogens with one attached hydrogen (secondary N) is 1. The van der Waals surface area contributed by atoms with Crippen molar-refractivity contribution < 1.29 is 14.3 Å². The fourth-order valence-corrected chi connectivity index (χ4v) is 4.13. The molecular formula is C20H32N4O3. The fourth-order valence-electron chi connectivity index (χ4n) is 4.13. The van der Waals surface area contributed by atoms with Gasteiger partial charge in [0.25, 0.3) is 5.91 Å². The number of carbonyl (C=O) groups excluding carboxylic acids is 2. The summed E-state index contributed by atoms with van der Waals surface area (Å²) in [5.74, 6) is 0.0242. The van der Waals surface area contributed by atoms with Gasteiger partial charge in [-0.2, -0.15) is 0 Å². The molecule has 1 aromatic heterocycles. The summed E-state index contributed by atoms with van der Waals surface area (Å²) in [5.41, 5.74) is 0.399. The minimum Gasteiger partial charge on any atom is -0.376 e. The minimum absolute atomic E-state index is 0.0291. The number of hydrogen-bond donors (Lipinski definition) is 1. The van der Waals surface area contributed by atoms with Gasteiger partial charge < -0.3 is 19.5 Å². The number of piperidine rings is 1. The van der Waals surface area contributed by atoms with Crippen molar-refractivity contribution in [2.24, 2.45) is 13.0 Å². The lowest BCUT2D eigenvalue weighted by Crippen LogP contribution is -2.51. The predicted molar refractivity (Wildman–Crippen MR) is 102 cm³/mol. The Kier molecular flexibility index (Phi) is 6.88. The normalized spacial score (nSPS) is 26.0. The average molecular weight is 377 g/mol. The molecule has 150 valence electrons. The predicted octanol–water partition coefficient (Wildman–Crippen LogP) is 2.13. The van der Waals surface area contributed by atoms with Crippen molar-refractivity contribution in [3.8, 4) is 0 Å². The van der Waals surface area contributed by atoms with Crippen LogP contribution >= 0.6 is 0 Å². The topological polar surface area (TPSA) is 76.5 Å². The van der Waals surface area contributed by atoms with Gasteiger partial charge in [-0.05, 0) is 44.9 Å². The quantitative estimate of drug-likeness (QED) is 0.825. The van der Waals surface area contributed by atoms with Crippen molar-refractivity contribution in [3.05, 3.63) is 18.2 Å². The molecule has 0 spiro atoms. The zero-order chi connectivity index (χ0) is 19.2. The second-order valence-electron chi connectivity index (χ2n) is 7.81. The first kappa shape index (κ1) is 19.9. The van der Waals surface area contributed by atoms with Crippen LogP contribution in [0.2, 0.25) is 0 Å². The number of aromatic nitrogens is 2. The maximum absolute atomic E-state index is 12.9. The molecule has 1 aromatic rings. The van der Waals surface area contributed by atoms with Crippen LogP contribution in [0.1, 0.15) is 62.4 Å². The minimum atomic E-state index is -0.197. The average Bonchev–Trinajstić information content (AvgIpc) is 3.13. The van der Waals surface area contributed by atoms with E-state index in [-0.39, 0.29) is 29.9 Å². The molecule has 0 bridgehead atoms. The maximum atomic E-state index is 12.9. The van der Waals surface area contributed by atoms with Crippen molar-refractivity contribution in [1.82, 2.24) is 19.8 Å². The Morgan fingerprint density at radius 1 is 1.26 bits per heavy atom. The van der Waals surface area contributed by atoms with Crippen LogP contribution in [0.3, 0.4) is 0 Å². The SMILES string of the molecule is CCCO[C@@H]1CC[C@H](C(=O)N2CCCCC2)C[C@H]1NC(=O)c1cn(C)cn1. The van der Waals surface area contributed by atoms with E-state index in [0.717, 1.165) is 45.2 Å². The van der Waals surface area contributed by atoms with Crippen LogP contribution in [0, 0.1) is 5.92 Å². The molecule has 1 aliphatic heterocycles. The maximum Gasteiger partial charge on any atom is 0.271 e. The lowest BCUT2D eigenvalue weighted by atomic mass is 9.82. The van der Waals surface area contributed by atoms with Crippen LogP contribution in [-0.2, 0) is 16.6 Å².